The van der Waals surface area contributed by atoms with Crippen LogP contribution in [0.5, 0.6) is 11.5 Å². The fourth-order valence-corrected chi connectivity index (χ4v) is 3.89. The summed E-state index contributed by atoms with van der Waals surface area (Å²) in [4.78, 5) is 17.8. The van der Waals surface area contributed by atoms with E-state index >= 15 is 0 Å². The van der Waals surface area contributed by atoms with Gasteiger partial charge in [0.2, 0.25) is 4.96 Å². The Hall–Kier alpha value is -3.77. The standard InChI is InChI=1S/C23H15N3O2S/c27-22-20(29-23-24-21(25-26(22)23)17-9-3-1-4-10-17)15-16-8-7-13-19(14-16)28-18-11-5-2-6-12-18/h1-15H/b20-15-. The van der Waals surface area contributed by atoms with Crippen LogP contribution in [0.2, 0.25) is 0 Å². The van der Waals surface area contributed by atoms with Crippen LogP contribution in [0.4, 0.5) is 0 Å². The molecule has 2 heterocycles. The summed E-state index contributed by atoms with van der Waals surface area (Å²) in [5.41, 5.74) is 1.59. The molecule has 3 aromatic carbocycles. The van der Waals surface area contributed by atoms with Crippen LogP contribution in [0.1, 0.15) is 5.56 Å². The van der Waals surface area contributed by atoms with E-state index in [0.717, 1.165) is 16.9 Å². The van der Waals surface area contributed by atoms with Gasteiger partial charge in [0.1, 0.15) is 11.5 Å². The zero-order valence-electron chi connectivity index (χ0n) is 15.2. The van der Waals surface area contributed by atoms with Crippen LogP contribution in [0.25, 0.3) is 22.4 Å². The van der Waals surface area contributed by atoms with E-state index < -0.39 is 0 Å². The number of hydrogen-bond acceptors (Lipinski definition) is 5. The number of ether oxygens (including phenoxy) is 1. The van der Waals surface area contributed by atoms with E-state index in [1.807, 2.05) is 91.0 Å². The number of fused-ring (bicyclic) bond motifs is 1. The number of nitrogens with zero attached hydrogens (tertiary/aromatic N) is 3. The Morgan fingerprint density at radius 2 is 1.59 bits per heavy atom. The van der Waals surface area contributed by atoms with Gasteiger partial charge in [-0.15, -0.1) is 5.10 Å². The third kappa shape index (κ3) is 3.53. The first kappa shape index (κ1) is 17.3. The van der Waals surface area contributed by atoms with Crippen LogP contribution < -0.4 is 14.8 Å². The maximum Gasteiger partial charge on any atom is 0.291 e. The largest absolute Gasteiger partial charge is 0.457 e. The Balaban J connectivity index is 1.49. The lowest BCUT2D eigenvalue weighted by Gasteiger charge is -2.05. The zero-order valence-corrected chi connectivity index (χ0v) is 16.0. The minimum absolute atomic E-state index is 0.172. The number of hydrogen-bond donors (Lipinski definition) is 0. The van der Waals surface area contributed by atoms with Crippen molar-refractivity contribution < 1.29 is 4.74 Å². The monoisotopic (exact) mass is 397 g/mol. The average Bonchev–Trinajstić information content (AvgIpc) is 3.29. The third-order valence-corrected chi connectivity index (χ3v) is 5.31. The highest BCUT2D eigenvalue weighted by Crippen LogP contribution is 2.22. The highest BCUT2D eigenvalue weighted by Gasteiger charge is 2.11. The molecule has 0 bridgehead atoms. The van der Waals surface area contributed by atoms with Crippen molar-refractivity contribution in [1.82, 2.24) is 14.6 Å². The van der Waals surface area contributed by atoms with Crippen LogP contribution in [0.3, 0.4) is 0 Å². The Labute approximate surface area is 170 Å². The summed E-state index contributed by atoms with van der Waals surface area (Å²) in [6.45, 7) is 0. The molecule has 0 amide bonds. The van der Waals surface area contributed by atoms with Gasteiger partial charge in [0, 0.05) is 5.56 Å². The molecule has 0 spiro atoms. The molecular formula is C23H15N3O2S. The molecule has 5 rings (SSSR count). The van der Waals surface area contributed by atoms with Gasteiger partial charge in [-0.2, -0.15) is 9.50 Å². The number of rotatable bonds is 4. The van der Waals surface area contributed by atoms with Crippen LogP contribution in [0, 0.1) is 0 Å². The van der Waals surface area contributed by atoms with Crippen molar-refractivity contribution in [1.29, 1.82) is 0 Å². The topological polar surface area (TPSA) is 56.5 Å². The van der Waals surface area contributed by atoms with E-state index in [1.165, 1.54) is 15.9 Å². The highest BCUT2D eigenvalue weighted by molar-refractivity contribution is 7.15. The summed E-state index contributed by atoms with van der Waals surface area (Å²) < 4.78 is 7.82. The molecule has 0 N–H and O–H groups in total. The van der Waals surface area contributed by atoms with Crippen LogP contribution in [-0.2, 0) is 0 Å². The molecule has 29 heavy (non-hydrogen) atoms. The Morgan fingerprint density at radius 1 is 0.862 bits per heavy atom. The smallest absolute Gasteiger partial charge is 0.291 e. The molecule has 0 atom stereocenters. The van der Waals surface area contributed by atoms with Crippen LogP contribution in [0.15, 0.2) is 89.7 Å². The van der Waals surface area contributed by atoms with Gasteiger partial charge in [-0.25, -0.2) is 0 Å². The second kappa shape index (κ2) is 7.33. The van der Waals surface area contributed by atoms with Crippen molar-refractivity contribution in [2.24, 2.45) is 0 Å². The quantitative estimate of drug-likeness (QED) is 0.457. The summed E-state index contributed by atoms with van der Waals surface area (Å²) >= 11 is 1.32. The SMILES string of the molecule is O=c1/c(=C/c2cccc(Oc3ccccc3)c2)sc2nc(-c3ccccc3)nn12. The molecule has 2 aromatic heterocycles. The number of benzene rings is 3. The van der Waals surface area contributed by atoms with Gasteiger partial charge >= 0.3 is 0 Å². The lowest BCUT2D eigenvalue weighted by Crippen LogP contribution is -2.23. The first-order valence-corrected chi connectivity index (χ1v) is 9.88. The van der Waals surface area contributed by atoms with Gasteiger partial charge in [0.25, 0.3) is 5.56 Å². The minimum atomic E-state index is -0.172. The van der Waals surface area contributed by atoms with Crippen LogP contribution in [-0.4, -0.2) is 14.6 Å². The first-order valence-electron chi connectivity index (χ1n) is 9.06. The number of thiazole rings is 1. The van der Waals surface area contributed by atoms with E-state index in [9.17, 15) is 4.79 Å². The van der Waals surface area contributed by atoms with E-state index in [2.05, 4.69) is 10.1 Å². The van der Waals surface area contributed by atoms with Gasteiger partial charge in [-0.1, -0.05) is 72.0 Å². The van der Waals surface area contributed by atoms with Crippen LogP contribution >= 0.6 is 11.3 Å². The Bertz CT molecular complexity index is 1390. The highest BCUT2D eigenvalue weighted by atomic mass is 32.1. The van der Waals surface area contributed by atoms with E-state index in [1.54, 1.807) is 0 Å². The predicted octanol–water partition coefficient (Wildman–Crippen LogP) is 4.16. The molecule has 5 aromatic rings. The van der Waals surface area contributed by atoms with Crippen molar-refractivity contribution in [2.45, 2.75) is 0 Å². The van der Waals surface area contributed by atoms with E-state index in [0.29, 0.717) is 21.1 Å². The van der Waals surface area contributed by atoms with E-state index in [-0.39, 0.29) is 5.56 Å². The molecule has 0 aliphatic carbocycles. The van der Waals surface area contributed by atoms with Crippen molar-refractivity contribution in [3.8, 4) is 22.9 Å². The maximum atomic E-state index is 12.8. The van der Waals surface area contributed by atoms with Gasteiger partial charge in [0.05, 0.1) is 4.53 Å². The zero-order chi connectivity index (χ0) is 19.6. The van der Waals surface area contributed by atoms with E-state index in [4.69, 9.17) is 4.74 Å². The maximum absolute atomic E-state index is 12.8. The molecule has 140 valence electrons. The number of para-hydroxylation sites is 1. The summed E-state index contributed by atoms with van der Waals surface area (Å²) in [7, 11) is 0. The van der Waals surface area contributed by atoms with Crippen molar-refractivity contribution >= 4 is 22.4 Å². The fraction of sp³-hybridized carbons (Fsp3) is 0. The van der Waals surface area contributed by atoms with Crippen molar-refractivity contribution in [3.05, 3.63) is 105 Å². The molecule has 0 radical (unpaired) electrons. The van der Waals surface area contributed by atoms with Crippen molar-refractivity contribution in [3.63, 3.8) is 0 Å². The average molecular weight is 397 g/mol. The van der Waals surface area contributed by atoms with Gasteiger partial charge in [-0.05, 0) is 35.9 Å². The fourth-order valence-electron chi connectivity index (χ4n) is 2.99. The first-order chi connectivity index (χ1) is 14.3. The lowest BCUT2D eigenvalue weighted by molar-refractivity contribution is 0.482. The summed E-state index contributed by atoms with van der Waals surface area (Å²) in [6.07, 6.45) is 1.84. The Kier molecular flexibility index (Phi) is 4.38. The van der Waals surface area contributed by atoms with Crippen molar-refractivity contribution in [2.75, 3.05) is 0 Å². The molecule has 0 aliphatic heterocycles. The predicted molar refractivity (Wildman–Crippen MR) is 114 cm³/mol. The number of aromatic nitrogens is 3. The molecule has 0 unspecified atom stereocenters. The molecule has 5 nitrogen and oxygen atoms in total. The Morgan fingerprint density at radius 3 is 2.34 bits per heavy atom. The molecule has 0 aliphatic rings. The van der Waals surface area contributed by atoms with Gasteiger partial charge < -0.3 is 4.74 Å². The minimum Gasteiger partial charge on any atom is -0.457 e. The summed E-state index contributed by atoms with van der Waals surface area (Å²) in [6, 6.07) is 26.8. The third-order valence-electron chi connectivity index (χ3n) is 4.35. The summed E-state index contributed by atoms with van der Waals surface area (Å²) in [5, 5.41) is 4.38. The second-order valence-electron chi connectivity index (χ2n) is 6.40. The molecule has 0 saturated heterocycles. The summed E-state index contributed by atoms with van der Waals surface area (Å²) in [5.74, 6) is 2.03. The normalized spacial score (nSPS) is 11.8. The molecule has 0 fully saturated rings. The van der Waals surface area contributed by atoms with Gasteiger partial charge in [-0.3, -0.25) is 4.79 Å². The second-order valence-corrected chi connectivity index (χ2v) is 7.41. The van der Waals surface area contributed by atoms with Gasteiger partial charge in [0.15, 0.2) is 5.82 Å². The lowest BCUT2D eigenvalue weighted by atomic mass is 10.2. The molecule has 6 heteroatoms. The molecular weight excluding hydrogens is 382 g/mol. The molecule has 0 saturated carbocycles.